The molecule has 0 fully saturated rings. The van der Waals surface area contributed by atoms with Gasteiger partial charge in [0.25, 0.3) is 5.91 Å². The first-order valence-corrected chi connectivity index (χ1v) is 17.5. The summed E-state index contributed by atoms with van der Waals surface area (Å²) in [5.74, 6) is -0.186. The van der Waals surface area contributed by atoms with Gasteiger partial charge in [-0.2, -0.15) is 0 Å². The van der Waals surface area contributed by atoms with Crippen LogP contribution in [0.2, 0.25) is 0 Å². The molecule has 0 unspecified atom stereocenters. The number of amides is 1. The standard InChI is InChI=1S/C39H41N5O6S/c1-38(2,3)50-34(46)22-23-39(37(47)41-26-28-12-7-10-17-33(28)51-30-13-5-4-6-14-30)35(31-15-8-9-16-32(31)43-44-40)49-36(42-39)27-18-20-29(21-19-27)48-25-11-24-45/h4-10,12-21,35,45H,11,22-26H2,1-3H3,(H,41,47)/t35-,39-/m1/s1. The van der Waals surface area contributed by atoms with Crippen LogP contribution in [0.1, 0.15) is 62.8 Å². The van der Waals surface area contributed by atoms with Gasteiger partial charge in [-0.1, -0.05) is 77.5 Å². The number of azide groups is 1. The molecule has 0 aromatic heterocycles. The number of esters is 1. The second-order valence-electron chi connectivity index (χ2n) is 12.8. The molecule has 2 atom stereocenters. The van der Waals surface area contributed by atoms with Crippen molar-refractivity contribution in [2.75, 3.05) is 13.2 Å². The molecule has 0 saturated carbocycles. The van der Waals surface area contributed by atoms with Gasteiger partial charge in [-0.05, 0) is 80.8 Å². The first kappa shape index (κ1) is 37.0. The van der Waals surface area contributed by atoms with E-state index in [1.807, 2.05) is 54.6 Å². The average Bonchev–Trinajstić information content (AvgIpc) is 3.51. The van der Waals surface area contributed by atoms with Gasteiger partial charge >= 0.3 is 5.97 Å². The van der Waals surface area contributed by atoms with Crippen molar-refractivity contribution in [2.45, 2.75) is 73.6 Å². The Balaban J connectivity index is 1.54. The number of aliphatic hydroxyl groups excluding tert-OH is 1. The maximum absolute atomic E-state index is 14.7. The monoisotopic (exact) mass is 707 g/mol. The van der Waals surface area contributed by atoms with Gasteiger partial charge in [0.2, 0.25) is 5.90 Å². The minimum Gasteiger partial charge on any atom is -0.494 e. The molecule has 1 aliphatic rings. The summed E-state index contributed by atoms with van der Waals surface area (Å²) in [5, 5.41) is 16.1. The first-order valence-electron chi connectivity index (χ1n) is 16.7. The van der Waals surface area contributed by atoms with Crippen molar-refractivity contribution in [2.24, 2.45) is 10.1 Å². The summed E-state index contributed by atoms with van der Waals surface area (Å²) in [5.41, 5.74) is 9.20. The number of ether oxygens (including phenoxy) is 3. The van der Waals surface area contributed by atoms with Crippen LogP contribution in [0.4, 0.5) is 5.69 Å². The Kier molecular flexibility index (Phi) is 12.4. The fourth-order valence-electron chi connectivity index (χ4n) is 5.57. The number of aliphatic hydroxyl groups is 1. The molecule has 0 aliphatic carbocycles. The maximum atomic E-state index is 14.7. The third-order valence-corrected chi connectivity index (χ3v) is 9.04. The van der Waals surface area contributed by atoms with Crippen LogP contribution in [0.3, 0.4) is 0 Å². The van der Waals surface area contributed by atoms with Gasteiger partial charge < -0.3 is 24.6 Å². The highest BCUT2D eigenvalue weighted by Crippen LogP contribution is 2.46. The maximum Gasteiger partial charge on any atom is 0.306 e. The van der Waals surface area contributed by atoms with Crippen LogP contribution >= 0.6 is 11.8 Å². The SMILES string of the molecule is CC(C)(C)OC(=O)CC[C@@]1(C(=O)NCc2ccccc2Sc2ccccc2)N=C(c2ccc(OCCCO)cc2)O[C@@H]1c1ccccc1N=[N+]=[N-]. The molecule has 51 heavy (non-hydrogen) atoms. The zero-order valence-electron chi connectivity index (χ0n) is 28.8. The highest BCUT2D eigenvalue weighted by molar-refractivity contribution is 7.99. The van der Waals surface area contributed by atoms with Gasteiger partial charge in [0, 0.05) is 57.5 Å². The molecule has 0 bridgehead atoms. The van der Waals surface area contributed by atoms with E-state index in [1.165, 1.54) is 0 Å². The number of hydrogen-bond acceptors (Lipinski definition) is 9. The van der Waals surface area contributed by atoms with Crippen LogP contribution in [0, 0.1) is 0 Å². The Morgan fingerprint density at radius 1 is 1.00 bits per heavy atom. The van der Waals surface area contributed by atoms with Gasteiger partial charge in [-0.25, -0.2) is 4.99 Å². The number of nitrogens with one attached hydrogen (secondary N) is 1. The van der Waals surface area contributed by atoms with Gasteiger partial charge in [0.15, 0.2) is 11.6 Å². The second kappa shape index (κ2) is 17.1. The highest BCUT2D eigenvalue weighted by Gasteiger charge is 2.54. The quantitative estimate of drug-likeness (QED) is 0.0415. The highest BCUT2D eigenvalue weighted by atomic mass is 32.2. The lowest BCUT2D eigenvalue weighted by atomic mass is 9.82. The summed E-state index contributed by atoms with van der Waals surface area (Å²) < 4.78 is 17.9. The molecule has 2 N–H and O–H groups in total. The molecule has 0 saturated heterocycles. The second-order valence-corrected chi connectivity index (χ2v) is 13.9. The van der Waals surface area contributed by atoms with E-state index in [4.69, 9.17) is 24.3 Å². The predicted molar refractivity (Wildman–Crippen MR) is 196 cm³/mol. The van der Waals surface area contributed by atoms with E-state index in [1.54, 1.807) is 81.1 Å². The minimum atomic E-state index is -1.66. The number of aliphatic imine (C=N–C) groups is 1. The molecular weight excluding hydrogens is 667 g/mol. The number of rotatable bonds is 15. The van der Waals surface area contributed by atoms with Crippen LogP contribution in [-0.2, 0) is 25.6 Å². The molecule has 11 nitrogen and oxygen atoms in total. The predicted octanol–water partition coefficient (Wildman–Crippen LogP) is 8.24. The lowest BCUT2D eigenvalue weighted by Crippen LogP contribution is -2.48. The van der Waals surface area contributed by atoms with Crippen molar-refractivity contribution in [3.05, 3.63) is 130 Å². The van der Waals surface area contributed by atoms with E-state index in [2.05, 4.69) is 15.3 Å². The Labute approximate surface area is 301 Å². The van der Waals surface area contributed by atoms with Gasteiger partial charge in [-0.15, -0.1) is 0 Å². The Morgan fingerprint density at radius 2 is 1.71 bits per heavy atom. The van der Waals surface area contributed by atoms with Crippen molar-refractivity contribution in [3.63, 3.8) is 0 Å². The zero-order valence-corrected chi connectivity index (χ0v) is 29.6. The van der Waals surface area contributed by atoms with Crippen molar-refractivity contribution in [1.29, 1.82) is 0 Å². The molecular formula is C39H41N5O6S. The van der Waals surface area contributed by atoms with Crippen LogP contribution in [0.25, 0.3) is 10.4 Å². The van der Waals surface area contributed by atoms with E-state index in [0.29, 0.717) is 29.9 Å². The minimum absolute atomic E-state index is 0.0202. The molecule has 4 aromatic carbocycles. The number of nitrogens with zero attached hydrogens (tertiary/aromatic N) is 4. The number of carbonyl (C=O) groups is 2. The molecule has 12 heteroatoms. The van der Waals surface area contributed by atoms with Crippen molar-refractivity contribution >= 4 is 35.2 Å². The lowest BCUT2D eigenvalue weighted by molar-refractivity contribution is -0.155. The summed E-state index contributed by atoms with van der Waals surface area (Å²) in [6.45, 7) is 5.90. The van der Waals surface area contributed by atoms with E-state index >= 15 is 0 Å². The van der Waals surface area contributed by atoms with Gasteiger partial charge in [-0.3, -0.25) is 9.59 Å². The number of carbonyl (C=O) groups excluding carboxylic acids is 2. The topological polar surface area (TPSA) is 155 Å². The van der Waals surface area contributed by atoms with Crippen LogP contribution in [0.15, 0.2) is 123 Å². The van der Waals surface area contributed by atoms with Crippen molar-refractivity contribution in [1.82, 2.24) is 5.32 Å². The summed E-state index contributed by atoms with van der Waals surface area (Å²) in [6.07, 6.45) is -0.765. The zero-order chi connectivity index (χ0) is 36.3. The molecule has 1 heterocycles. The Bertz CT molecular complexity index is 1890. The van der Waals surface area contributed by atoms with Gasteiger partial charge in [0.1, 0.15) is 11.4 Å². The van der Waals surface area contributed by atoms with Crippen LogP contribution in [-0.4, -0.2) is 47.2 Å². The Hall–Kier alpha value is -5.29. The van der Waals surface area contributed by atoms with Crippen molar-refractivity contribution < 1.29 is 28.9 Å². The smallest absolute Gasteiger partial charge is 0.306 e. The molecule has 1 amide bonds. The molecule has 264 valence electrons. The fourth-order valence-corrected chi connectivity index (χ4v) is 6.54. The van der Waals surface area contributed by atoms with Crippen molar-refractivity contribution in [3.8, 4) is 5.75 Å². The first-order chi connectivity index (χ1) is 24.6. The lowest BCUT2D eigenvalue weighted by Gasteiger charge is -2.31. The van der Waals surface area contributed by atoms with E-state index < -0.39 is 29.1 Å². The normalized spacial score (nSPS) is 16.7. The summed E-state index contributed by atoms with van der Waals surface area (Å²) in [7, 11) is 0. The third kappa shape index (κ3) is 9.70. The Morgan fingerprint density at radius 3 is 2.43 bits per heavy atom. The third-order valence-electron chi connectivity index (χ3n) is 7.91. The summed E-state index contributed by atoms with van der Waals surface area (Å²) in [6, 6.07) is 31.7. The molecule has 4 aromatic rings. The molecule has 0 spiro atoms. The molecule has 1 aliphatic heterocycles. The summed E-state index contributed by atoms with van der Waals surface area (Å²) in [4.78, 5) is 37.9. The largest absolute Gasteiger partial charge is 0.494 e. The van der Waals surface area contributed by atoms with E-state index in [9.17, 15) is 15.1 Å². The van der Waals surface area contributed by atoms with Crippen LogP contribution < -0.4 is 10.1 Å². The number of hydrogen-bond donors (Lipinski definition) is 2. The average molecular weight is 708 g/mol. The fraction of sp³-hybridized carbons (Fsp3) is 0.308. The van der Waals surface area contributed by atoms with Crippen LogP contribution in [0.5, 0.6) is 5.75 Å². The van der Waals surface area contributed by atoms with E-state index in [-0.39, 0.29) is 37.6 Å². The number of benzene rings is 4. The molecule has 5 rings (SSSR count). The molecule has 0 radical (unpaired) electrons. The summed E-state index contributed by atoms with van der Waals surface area (Å²) >= 11 is 1.59. The van der Waals surface area contributed by atoms with Gasteiger partial charge in [0.05, 0.1) is 6.61 Å². The van der Waals surface area contributed by atoms with E-state index in [0.717, 1.165) is 15.4 Å².